The lowest BCUT2D eigenvalue weighted by atomic mass is 10.1. The summed E-state index contributed by atoms with van der Waals surface area (Å²) in [6.07, 6.45) is 6.52. The Balaban J connectivity index is 1.60. The Bertz CT molecular complexity index is 939. The van der Waals surface area contributed by atoms with Crippen molar-refractivity contribution in [1.82, 2.24) is 0 Å². The van der Waals surface area contributed by atoms with E-state index in [1.54, 1.807) is 48.5 Å². The highest BCUT2D eigenvalue weighted by molar-refractivity contribution is 5.92. The van der Waals surface area contributed by atoms with Crippen molar-refractivity contribution in [2.45, 2.75) is 52.4 Å². The highest BCUT2D eigenvalue weighted by Gasteiger charge is 2.12. The van der Waals surface area contributed by atoms with E-state index in [1.807, 2.05) is 24.3 Å². The quantitative estimate of drug-likeness (QED) is 0.262. The van der Waals surface area contributed by atoms with E-state index in [2.05, 4.69) is 13.8 Å². The second kappa shape index (κ2) is 11.8. The predicted molar refractivity (Wildman–Crippen MR) is 126 cm³/mol. The van der Waals surface area contributed by atoms with Crippen LogP contribution in [-0.2, 0) is 12.8 Å². The molecule has 0 unspecified atom stereocenters. The lowest BCUT2D eigenvalue weighted by Gasteiger charge is -2.08. The molecule has 0 fully saturated rings. The molecule has 4 nitrogen and oxygen atoms in total. The van der Waals surface area contributed by atoms with E-state index in [0.717, 1.165) is 38.5 Å². The number of hydrogen-bond acceptors (Lipinski definition) is 4. The number of rotatable bonds is 10. The predicted octanol–water partition coefficient (Wildman–Crippen LogP) is 6.81. The summed E-state index contributed by atoms with van der Waals surface area (Å²) in [7, 11) is 0. The topological polar surface area (TPSA) is 52.6 Å². The third kappa shape index (κ3) is 6.81. The number of hydrogen-bond donors (Lipinski definition) is 0. The maximum Gasteiger partial charge on any atom is 0.343 e. The van der Waals surface area contributed by atoms with E-state index in [4.69, 9.17) is 9.47 Å². The van der Waals surface area contributed by atoms with Crippen LogP contribution in [0.15, 0.2) is 72.8 Å². The van der Waals surface area contributed by atoms with E-state index in [1.165, 1.54) is 11.1 Å². The fourth-order valence-electron chi connectivity index (χ4n) is 3.31. The number of unbranched alkanes of at least 4 members (excludes halogenated alkanes) is 2. The average Bonchev–Trinajstić information content (AvgIpc) is 2.82. The van der Waals surface area contributed by atoms with Gasteiger partial charge in [0.2, 0.25) is 0 Å². The molecule has 4 heteroatoms. The fourth-order valence-corrected chi connectivity index (χ4v) is 3.31. The zero-order chi connectivity index (χ0) is 22.8. The summed E-state index contributed by atoms with van der Waals surface area (Å²) >= 11 is 0. The molecule has 0 radical (unpaired) electrons. The van der Waals surface area contributed by atoms with E-state index in [-0.39, 0.29) is 0 Å². The molecule has 0 atom stereocenters. The second-order valence-electron chi connectivity index (χ2n) is 7.85. The van der Waals surface area contributed by atoms with Crippen molar-refractivity contribution in [3.63, 3.8) is 0 Å². The smallest absolute Gasteiger partial charge is 0.343 e. The molecule has 3 rings (SSSR count). The van der Waals surface area contributed by atoms with Crippen molar-refractivity contribution in [3.8, 4) is 11.5 Å². The third-order valence-electron chi connectivity index (χ3n) is 5.24. The maximum atomic E-state index is 12.5. The molecule has 0 amide bonds. The summed E-state index contributed by atoms with van der Waals surface area (Å²) in [5.74, 6) is -0.244. The molecule has 0 saturated heterocycles. The molecule has 0 aliphatic rings. The summed E-state index contributed by atoms with van der Waals surface area (Å²) in [6.45, 7) is 4.31. The highest BCUT2D eigenvalue weighted by Crippen LogP contribution is 2.22. The Kier molecular flexibility index (Phi) is 8.61. The normalized spacial score (nSPS) is 10.6. The number of esters is 2. The van der Waals surface area contributed by atoms with Crippen molar-refractivity contribution >= 4 is 11.9 Å². The second-order valence-corrected chi connectivity index (χ2v) is 7.85. The minimum absolute atomic E-state index is 0.324. The summed E-state index contributed by atoms with van der Waals surface area (Å²) in [5.41, 5.74) is 3.37. The number of carbonyl (C=O) groups excluding carboxylic acids is 2. The molecule has 0 aliphatic heterocycles. The molecule has 0 bridgehead atoms. The van der Waals surface area contributed by atoms with Crippen molar-refractivity contribution in [2.24, 2.45) is 0 Å². The van der Waals surface area contributed by atoms with Gasteiger partial charge < -0.3 is 9.47 Å². The van der Waals surface area contributed by atoms with Crippen LogP contribution in [0.25, 0.3) is 0 Å². The van der Waals surface area contributed by atoms with Gasteiger partial charge in [-0.3, -0.25) is 0 Å². The zero-order valence-electron chi connectivity index (χ0n) is 18.8. The van der Waals surface area contributed by atoms with Gasteiger partial charge in [-0.1, -0.05) is 57.0 Å². The number of ether oxygens (including phenoxy) is 2. The van der Waals surface area contributed by atoms with Gasteiger partial charge in [-0.2, -0.15) is 0 Å². The summed E-state index contributed by atoms with van der Waals surface area (Å²) in [6, 6.07) is 21.5. The molecule has 0 aliphatic carbocycles. The van der Waals surface area contributed by atoms with Gasteiger partial charge in [0.15, 0.2) is 0 Å². The molecule has 0 N–H and O–H groups in total. The van der Waals surface area contributed by atoms with E-state index in [0.29, 0.717) is 22.6 Å². The van der Waals surface area contributed by atoms with Gasteiger partial charge in [0.05, 0.1) is 11.1 Å². The van der Waals surface area contributed by atoms with Gasteiger partial charge in [0.1, 0.15) is 11.5 Å². The minimum Gasteiger partial charge on any atom is -0.423 e. The number of aryl methyl sites for hydroxylation is 2. The molecule has 3 aromatic rings. The fraction of sp³-hybridized carbons (Fsp3) is 0.286. The SMILES string of the molecule is CCCCc1ccc(C(=O)Oc2cccc(OC(=O)c3ccc(CCCC)cc3)c2)cc1. The van der Waals surface area contributed by atoms with Gasteiger partial charge in [0.25, 0.3) is 0 Å². The number of carbonyl (C=O) groups is 2. The van der Waals surface area contributed by atoms with Crippen LogP contribution in [0.3, 0.4) is 0 Å². The van der Waals surface area contributed by atoms with Gasteiger partial charge >= 0.3 is 11.9 Å². The molecule has 3 aromatic carbocycles. The molecule has 0 aromatic heterocycles. The molecule has 32 heavy (non-hydrogen) atoms. The van der Waals surface area contributed by atoms with Gasteiger partial charge in [-0.15, -0.1) is 0 Å². The van der Waals surface area contributed by atoms with Crippen LogP contribution in [0.4, 0.5) is 0 Å². The molecule has 166 valence electrons. The van der Waals surface area contributed by atoms with Crippen LogP contribution in [0.1, 0.15) is 71.4 Å². The Morgan fingerprint density at radius 1 is 0.625 bits per heavy atom. The first-order valence-corrected chi connectivity index (χ1v) is 11.3. The Hall–Kier alpha value is -3.40. The van der Waals surface area contributed by atoms with Gasteiger partial charge in [0, 0.05) is 6.07 Å². The molecular formula is C28H30O4. The van der Waals surface area contributed by atoms with Gasteiger partial charge in [-0.05, 0) is 73.2 Å². The minimum atomic E-state index is -0.446. The van der Waals surface area contributed by atoms with Crippen LogP contribution < -0.4 is 9.47 Å². The van der Waals surface area contributed by atoms with E-state index < -0.39 is 11.9 Å². The van der Waals surface area contributed by atoms with Crippen LogP contribution in [0.5, 0.6) is 11.5 Å². The lowest BCUT2D eigenvalue weighted by molar-refractivity contribution is 0.0733. The van der Waals surface area contributed by atoms with Crippen LogP contribution in [0, 0.1) is 0 Å². The third-order valence-corrected chi connectivity index (χ3v) is 5.24. The highest BCUT2D eigenvalue weighted by atomic mass is 16.5. The first-order chi connectivity index (χ1) is 15.6. The standard InChI is InChI=1S/C28H30O4/c1-3-5-8-21-12-16-23(17-13-21)27(29)31-25-10-7-11-26(20-25)32-28(30)24-18-14-22(15-19-24)9-6-4-2/h7,10-20H,3-6,8-9H2,1-2H3. The molecule has 0 spiro atoms. The van der Waals surface area contributed by atoms with Crippen molar-refractivity contribution in [2.75, 3.05) is 0 Å². The average molecular weight is 431 g/mol. The zero-order valence-corrected chi connectivity index (χ0v) is 18.8. The molecule has 0 heterocycles. The molecule has 0 saturated carbocycles. The summed E-state index contributed by atoms with van der Waals surface area (Å²) in [5, 5.41) is 0. The Labute approximate surface area is 190 Å². The van der Waals surface area contributed by atoms with Crippen LogP contribution >= 0.6 is 0 Å². The van der Waals surface area contributed by atoms with Crippen molar-refractivity contribution in [3.05, 3.63) is 95.1 Å². The van der Waals surface area contributed by atoms with Crippen molar-refractivity contribution < 1.29 is 19.1 Å². The van der Waals surface area contributed by atoms with Crippen LogP contribution in [0.2, 0.25) is 0 Å². The largest absolute Gasteiger partial charge is 0.423 e. The van der Waals surface area contributed by atoms with Gasteiger partial charge in [-0.25, -0.2) is 9.59 Å². The van der Waals surface area contributed by atoms with Crippen molar-refractivity contribution in [1.29, 1.82) is 0 Å². The first kappa shape index (κ1) is 23.3. The number of benzene rings is 3. The van der Waals surface area contributed by atoms with Crippen LogP contribution in [-0.4, -0.2) is 11.9 Å². The Morgan fingerprint density at radius 3 is 1.41 bits per heavy atom. The van der Waals surface area contributed by atoms with E-state index >= 15 is 0 Å². The van der Waals surface area contributed by atoms with E-state index in [9.17, 15) is 9.59 Å². The Morgan fingerprint density at radius 2 is 1.03 bits per heavy atom. The summed E-state index contributed by atoms with van der Waals surface area (Å²) in [4.78, 5) is 24.9. The lowest BCUT2D eigenvalue weighted by Crippen LogP contribution is -2.10. The molecular weight excluding hydrogens is 400 g/mol. The first-order valence-electron chi connectivity index (χ1n) is 11.3. The summed E-state index contributed by atoms with van der Waals surface area (Å²) < 4.78 is 10.9. The maximum absolute atomic E-state index is 12.5. The monoisotopic (exact) mass is 430 g/mol.